The Kier molecular flexibility index (Phi) is 7.64. The van der Waals surface area contributed by atoms with Crippen LogP contribution in [0.15, 0.2) is 36.4 Å². The highest BCUT2D eigenvalue weighted by Crippen LogP contribution is 2.30. The van der Waals surface area contributed by atoms with Gasteiger partial charge in [-0.1, -0.05) is 12.2 Å². The Morgan fingerprint density at radius 2 is 1.86 bits per heavy atom. The van der Waals surface area contributed by atoms with Crippen molar-refractivity contribution in [2.75, 3.05) is 11.9 Å². The van der Waals surface area contributed by atoms with Crippen molar-refractivity contribution >= 4 is 29.5 Å². The SMILES string of the molecule is CCOC1OC(=O)CC1NC(=O)[C@@H]1CC[C@H]2CC=CC[C@H](NC(=O)Nc3ccc(F)cc3)C(=O)N21. The molecule has 3 N–H and O–H groups in total. The molecule has 0 radical (unpaired) electrons. The molecule has 10 nitrogen and oxygen atoms in total. The number of nitrogens with zero attached hydrogens (tertiary/aromatic N) is 1. The van der Waals surface area contributed by atoms with Crippen LogP contribution in [0, 0.1) is 5.82 Å². The summed E-state index contributed by atoms with van der Waals surface area (Å²) in [7, 11) is 0. The summed E-state index contributed by atoms with van der Waals surface area (Å²) in [5.74, 6) is -1.62. The van der Waals surface area contributed by atoms with E-state index >= 15 is 0 Å². The molecule has 188 valence electrons. The lowest BCUT2D eigenvalue weighted by atomic mass is 10.0. The van der Waals surface area contributed by atoms with Crippen molar-refractivity contribution in [2.24, 2.45) is 0 Å². The molecule has 3 aliphatic heterocycles. The standard InChI is InChI=1S/C24H29FN4O6/c1-2-34-23-18(13-20(30)35-23)27-21(31)19-12-11-16-5-3-4-6-17(22(32)29(16)19)28-24(33)26-15-9-7-14(25)8-10-15/h3-4,7-10,16-19,23H,2,5-6,11-13H2,1H3,(H,27,31)(H2,26,28,33)/t16-,17+,18?,19+,23?/m1/s1. The van der Waals surface area contributed by atoms with Crippen molar-refractivity contribution in [3.63, 3.8) is 0 Å². The minimum Gasteiger partial charge on any atom is -0.433 e. The van der Waals surface area contributed by atoms with E-state index < -0.39 is 42.2 Å². The lowest BCUT2D eigenvalue weighted by Crippen LogP contribution is -2.57. The summed E-state index contributed by atoms with van der Waals surface area (Å²) in [6, 6.07) is 2.24. The molecule has 1 aromatic carbocycles. The van der Waals surface area contributed by atoms with Crippen LogP contribution in [0.1, 0.15) is 39.0 Å². The maximum Gasteiger partial charge on any atom is 0.319 e. The Morgan fingerprint density at radius 1 is 1.11 bits per heavy atom. The zero-order valence-electron chi connectivity index (χ0n) is 19.4. The number of benzene rings is 1. The maximum atomic E-state index is 13.5. The summed E-state index contributed by atoms with van der Waals surface area (Å²) in [6.07, 6.45) is 4.91. The van der Waals surface area contributed by atoms with Crippen LogP contribution in [0.5, 0.6) is 0 Å². The lowest BCUT2D eigenvalue weighted by molar-refractivity contribution is -0.164. The first-order chi connectivity index (χ1) is 16.9. The number of rotatable bonds is 6. The molecule has 3 heterocycles. The number of nitrogens with one attached hydrogen (secondary N) is 3. The zero-order valence-corrected chi connectivity index (χ0v) is 19.4. The zero-order chi connectivity index (χ0) is 24.9. The van der Waals surface area contributed by atoms with Gasteiger partial charge in [0.1, 0.15) is 23.9 Å². The molecule has 35 heavy (non-hydrogen) atoms. The Hall–Kier alpha value is -3.47. The van der Waals surface area contributed by atoms with Crippen molar-refractivity contribution in [1.29, 1.82) is 0 Å². The van der Waals surface area contributed by atoms with Crippen LogP contribution in [0.4, 0.5) is 14.9 Å². The Bertz CT molecular complexity index is 1000. The summed E-state index contributed by atoms with van der Waals surface area (Å²) in [5.41, 5.74) is 0.381. The van der Waals surface area contributed by atoms with Crippen LogP contribution in [0.3, 0.4) is 0 Å². The molecule has 4 amide bonds. The van der Waals surface area contributed by atoms with Gasteiger partial charge in [0.05, 0.1) is 6.42 Å². The molecule has 5 atom stereocenters. The van der Waals surface area contributed by atoms with Gasteiger partial charge in [-0.05, 0) is 56.9 Å². The van der Waals surface area contributed by atoms with Crippen LogP contribution in [-0.2, 0) is 23.9 Å². The summed E-state index contributed by atoms with van der Waals surface area (Å²) in [6.45, 7) is 2.08. The van der Waals surface area contributed by atoms with Gasteiger partial charge in [-0.25, -0.2) is 9.18 Å². The highest BCUT2D eigenvalue weighted by atomic mass is 19.1. The van der Waals surface area contributed by atoms with Gasteiger partial charge in [0.15, 0.2) is 0 Å². The minimum absolute atomic E-state index is 0.00300. The molecule has 11 heteroatoms. The fraction of sp³-hybridized carbons (Fsp3) is 0.500. The number of halogens is 1. The molecule has 0 aliphatic carbocycles. The largest absolute Gasteiger partial charge is 0.433 e. The predicted octanol–water partition coefficient (Wildman–Crippen LogP) is 1.82. The van der Waals surface area contributed by atoms with E-state index in [2.05, 4.69) is 16.0 Å². The van der Waals surface area contributed by atoms with Crippen LogP contribution < -0.4 is 16.0 Å². The van der Waals surface area contributed by atoms with Crippen molar-refractivity contribution in [3.8, 4) is 0 Å². The van der Waals surface area contributed by atoms with Gasteiger partial charge in [0.25, 0.3) is 0 Å². The number of hydrogen-bond donors (Lipinski definition) is 3. The molecule has 3 aliphatic rings. The number of carbonyl (C=O) groups excluding carboxylic acids is 4. The van der Waals surface area contributed by atoms with Gasteiger partial charge in [-0.15, -0.1) is 0 Å². The van der Waals surface area contributed by atoms with Crippen LogP contribution in [0.25, 0.3) is 0 Å². The molecule has 0 saturated carbocycles. The number of fused-ring (bicyclic) bond motifs is 1. The second kappa shape index (κ2) is 10.9. The van der Waals surface area contributed by atoms with E-state index in [1.807, 2.05) is 12.2 Å². The van der Waals surface area contributed by atoms with Crippen molar-refractivity contribution in [1.82, 2.24) is 15.5 Å². The lowest BCUT2D eigenvalue weighted by Gasteiger charge is -2.34. The van der Waals surface area contributed by atoms with E-state index in [4.69, 9.17) is 9.47 Å². The number of ether oxygens (including phenoxy) is 2. The number of amides is 4. The van der Waals surface area contributed by atoms with E-state index in [1.54, 1.807) is 11.8 Å². The monoisotopic (exact) mass is 488 g/mol. The summed E-state index contributed by atoms with van der Waals surface area (Å²) in [5, 5.41) is 8.07. The fourth-order valence-electron chi connectivity index (χ4n) is 4.70. The van der Waals surface area contributed by atoms with E-state index in [0.717, 1.165) is 0 Å². The van der Waals surface area contributed by atoms with Gasteiger partial charge in [-0.2, -0.15) is 0 Å². The van der Waals surface area contributed by atoms with Gasteiger partial charge in [-0.3, -0.25) is 14.4 Å². The van der Waals surface area contributed by atoms with Crippen molar-refractivity contribution in [2.45, 2.75) is 69.5 Å². The second-order valence-corrected chi connectivity index (χ2v) is 8.73. The Labute approximate surface area is 202 Å². The molecule has 2 saturated heterocycles. The number of carbonyl (C=O) groups is 4. The molecule has 0 spiro atoms. The number of hydrogen-bond acceptors (Lipinski definition) is 6. The first-order valence-corrected chi connectivity index (χ1v) is 11.8. The van der Waals surface area contributed by atoms with Gasteiger partial charge >= 0.3 is 12.0 Å². The Balaban J connectivity index is 1.43. The quantitative estimate of drug-likeness (QED) is 0.414. The highest BCUT2D eigenvalue weighted by Gasteiger charge is 2.45. The van der Waals surface area contributed by atoms with Gasteiger partial charge in [0, 0.05) is 18.3 Å². The van der Waals surface area contributed by atoms with E-state index in [0.29, 0.717) is 31.6 Å². The average Bonchev–Trinajstić information content (AvgIpc) is 3.39. The molecule has 2 fully saturated rings. The first-order valence-electron chi connectivity index (χ1n) is 11.8. The molecule has 0 bridgehead atoms. The third kappa shape index (κ3) is 5.79. The topological polar surface area (TPSA) is 126 Å². The van der Waals surface area contributed by atoms with Gasteiger partial charge < -0.3 is 30.3 Å². The molecular formula is C24H29FN4O6. The number of anilines is 1. The molecule has 2 unspecified atom stereocenters. The third-order valence-electron chi connectivity index (χ3n) is 6.33. The predicted molar refractivity (Wildman–Crippen MR) is 122 cm³/mol. The second-order valence-electron chi connectivity index (χ2n) is 8.73. The van der Waals surface area contributed by atoms with E-state index in [-0.39, 0.29) is 30.7 Å². The number of esters is 1. The summed E-state index contributed by atoms with van der Waals surface area (Å²) < 4.78 is 23.6. The fourth-order valence-corrected chi connectivity index (χ4v) is 4.70. The number of cyclic esters (lactones) is 1. The van der Waals surface area contributed by atoms with Crippen molar-refractivity contribution in [3.05, 3.63) is 42.2 Å². The summed E-state index contributed by atoms with van der Waals surface area (Å²) in [4.78, 5) is 52.5. The minimum atomic E-state index is -0.879. The average molecular weight is 489 g/mol. The first kappa shape index (κ1) is 24.6. The molecule has 1 aromatic rings. The molecular weight excluding hydrogens is 459 g/mol. The normalized spacial score (nSPS) is 28.1. The smallest absolute Gasteiger partial charge is 0.319 e. The highest BCUT2D eigenvalue weighted by molar-refractivity contribution is 5.96. The van der Waals surface area contributed by atoms with Crippen LogP contribution in [-0.4, -0.2) is 65.8 Å². The van der Waals surface area contributed by atoms with E-state index in [9.17, 15) is 23.6 Å². The van der Waals surface area contributed by atoms with E-state index in [1.165, 1.54) is 24.3 Å². The third-order valence-corrected chi connectivity index (χ3v) is 6.33. The van der Waals surface area contributed by atoms with Crippen LogP contribution >= 0.6 is 0 Å². The van der Waals surface area contributed by atoms with Crippen molar-refractivity contribution < 1.29 is 33.0 Å². The maximum absolute atomic E-state index is 13.5. The van der Waals surface area contributed by atoms with Gasteiger partial charge in [0.2, 0.25) is 18.1 Å². The van der Waals surface area contributed by atoms with Crippen LogP contribution in [0.2, 0.25) is 0 Å². The number of urea groups is 1. The molecule has 0 aromatic heterocycles. The Morgan fingerprint density at radius 3 is 2.60 bits per heavy atom. The summed E-state index contributed by atoms with van der Waals surface area (Å²) >= 11 is 0. The molecule has 4 rings (SSSR count).